The standard InChI is InChI=1S/C24H34F3NO7SSi.C23H35NO5Si.C17H21NO5.C11H16BNO3.C8H5F6NO4S2.C8H8O3/c1-21(2,3)33-20(29)28-12-11-23(15-28)14-19(34-36(30,31)24(25,26)27)17-13-16(9-10-18(17)32-23)35-37(7,8)22(4,5)6;1-21(2,3)28-20(26)24-12-11-23(15-24)14-18(25)17-13-16(9-10-19(17)27-23)29-30(7,8)22(4,5)6;1-16(2,3)23-15(21)18-7-6-17(10-18)9-13(20)12-8-11(19)4-5-14(12)22-17;1-3-13(4-2)11(14)9-5-7-10(8-6-9)12(15)16;9-7(10,11)18-19-20-15(6-4-2-1-3-5-6)21(16,17)8(12,13)14;1-5(9)7-4-6(10)2-3-8(7)11/h9-10,13-14H,11-12,15H2,1-8H3;9-10,13H,11-12,14-15H2,1-8H3;4-5,8,19H,6-7,9-10H2,1-3H3;5-8,15-16H,3-4H2,1-2H3;1-5H;2-4,10-11H,1H3. The van der Waals surface area contributed by atoms with Crippen LogP contribution in [0.15, 0.2) is 133 Å². The minimum Gasteiger partial charge on any atom is -0.543 e. The molecule has 0 aromatic heterocycles. The maximum atomic E-state index is 13.2. The van der Waals surface area contributed by atoms with E-state index in [1.54, 1.807) is 71.9 Å². The monoisotopic (exact) mass is 2050 g/mol. The summed E-state index contributed by atoms with van der Waals surface area (Å²) in [5.41, 5.74) is -14.4. The third kappa shape index (κ3) is 31.2. The van der Waals surface area contributed by atoms with E-state index < -0.39 is 128 Å². The molecule has 762 valence electrons. The number of aromatic hydroxyl groups is 3. The summed E-state index contributed by atoms with van der Waals surface area (Å²) in [7, 11) is -17.8. The van der Waals surface area contributed by atoms with E-state index in [1.165, 1.54) is 78.6 Å². The van der Waals surface area contributed by atoms with Gasteiger partial charge in [0.15, 0.2) is 40.9 Å². The minimum atomic E-state index is -5.99. The van der Waals surface area contributed by atoms with E-state index >= 15 is 0 Å². The molecule has 0 radical (unpaired) electrons. The predicted molar refractivity (Wildman–Crippen MR) is 499 cm³/mol. The first-order valence-corrected chi connectivity index (χ1v) is 52.7. The molecule has 6 aliphatic rings. The fourth-order valence-electron chi connectivity index (χ4n) is 13.4. The molecule has 3 fully saturated rings. The van der Waals surface area contributed by atoms with Crippen LogP contribution in [0.3, 0.4) is 0 Å². The van der Waals surface area contributed by atoms with Crippen LogP contribution in [0.5, 0.6) is 46.0 Å². The quantitative estimate of drug-likeness (QED) is 0.00513. The van der Waals surface area contributed by atoms with Gasteiger partial charge >= 0.3 is 62.9 Å². The van der Waals surface area contributed by atoms with Crippen LogP contribution in [0, 0.1) is 0 Å². The Balaban J connectivity index is 0.000000233. The molecule has 3 atom stereocenters. The summed E-state index contributed by atoms with van der Waals surface area (Å²) in [5, 5.41) is 45.2. The molecule has 32 nitrogen and oxygen atoms in total. The lowest BCUT2D eigenvalue weighted by atomic mass is 9.80. The average Bonchev–Trinajstić information content (AvgIpc) is 1.49. The summed E-state index contributed by atoms with van der Waals surface area (Å²) in [6.07, 6.45) is -3.65. The normalized spacial score (nSPS) is 18.2. The van der Waals surface area contributed by atoms with E-state index in [2.05, 4.69) is 47.3 Å². The van der Waals surface area contributed by atoms with Gasteiger partial charge in [0.2, 0.25) is 16.6 Å². The third-order valence-electron chi connectivity index (χ3n) is 22.3. The van der Waals surface area contributed by atoms with Crippen molar-refractivity contribution in [1.82, 2.24) is 19.6 Å². The molecule has 3 unspecified atom stereocenters. The highest BCUT2D eigenvalue weighted by Crippen LogP contribution is 2.49. The number of alkyl halides is 9. The van der Waals surface area contributed by atoms with Crippen molar-refractivity contribution in [3.05, 3.63) is 161 Å². The number of Topliss-reactive ketones (excluding diaryl/α,β-unsaturated/α-hetero) is 3. The van der Waals surface area contributed by atoms with Crippen LogP contribution >= 0.6 is 12.2 Å². The maximum absolute atomic E-state index is 13.2. The van der Waals surface area contributed by atoms with Crippen LogP contribution in [0.1, 0.15) is 204 Å². The van der Waals surface area contributed by atoms with Gasteiger partial charge in [-0.25, -0.2) is 14.4 Å². The maximum Gasteiger partial charge on any atom is 0.550 e. The zero-order chi connectivity index (χ0) is 104. The lowest BCUT2D eigenvalue weighted by Gasteiger charge is -2.37. The van der Waals surface area contributed by atoms with Gasteiger partial charge in [-0.3, -0.25) is 19.2 Å². The van der Waals surface area contributed by atoms with Crippen molar-refractivity contribution >= 4 is 115 Å². The van der Waals surface area contributed by atoms with Crippen LogP contribution in [-0.4, -0.2) is 230 Å². The first kappa shape index (κ1) is 114. The van der Waals surface area contributed by atoms with E-state index in [0.29, 0.717) is 91.5 Å². The van der Waals surface area contributed by atoms with E-state index in [0.717, 1.165) is 17.9 Å². The summed E-state index contributed by atoms with van der Waals surface area (Å²) >= 11 is -0.782. The van der Waals surface area contributed by atoms with E-state index in [9.17, 15) is 95.0 Å². The van der Waals surface area contributed by atoms with Crippen molar-refractivity contribution in [3.8, 4) is 46.0 Å². The number of amides is 4. The van der Waals surface area contributed by atoms with Crippen LogP contribution in [-0.2, 0) is 47.8 Å². The number of carbonyl (C=O) groups excluding carboxylic acids is 7. The first-order valence-electron chi connectivity index (χ1n) is 43.3. The lowest BCUT2D eigenvalue weighted by Crippen LogP contribution is -2.46. The van der Waals surface area contributed by atoms with Gasteiger partial charge in [0.05, 0.1) is 60.4 Å². The molecule has 6 heterocycles. The second-order valence-corrected chi connectivity index (χ2v) is 52.7. The molecule has 6 aromatic carbocycles. The number of nitrogens with zero attached hydrogens (tertiary/aromatic N) is 5. The van der Waals surface area contributed by atoms with E-state index in [4.69, 9.17) is 57.5 Å². The number of fused-ring (bicyclic) bond motifs is 3. The zero-order valence-electron chi connectivity index (χ0n) is 80.6. The Labute approximate surface area is 803 Å². The number of phenolic OH excluding ortho intramolecular Hbond substituents is 3. The van der Waals surface area contributed by atoms with Gasteiger partial charge in [0, 0.05) is 63.6 Å². The number of para-hydroxylation sites is 1. The first-order chi connectivity index (χ1) is 63.0. The third-order valence-corrected chi connectivity index (χ3v) is 34.5. The predicted octanol–water partition coefficient (Wildman–Crippen LogP) is 18.7. The molecule has 4 amide bonds. The van der Waals surface area contributed by atoms with Gasteiger partial charge in [0.25, 0.3) is 5.91 Å². The Hall–Kier alpha value is -10.7. The smallest absolute Gasteiger partial charge is 0.543 e. The molecule has 3 saturated heterocycles. The molecule has 6 aromatic rings. The SMILES string of the molecule is CC(=O)c1cc(O)ccc1O.CC(C)(C)OC(=O)N1CCC2(C=C(OS(=O)(=O)C(F)(F)F)c3cc(O[Si](C)(C)C(C)(C)C)ccc3O2)C1.CC(C)(C)OC(=O)N1CCC2(CC(=O)c3cc(O)ccc3O2)C1.CC(C)(C)OC(=O)N1CCC2(CC(=O)c3cc(O[Si](C)(C)C(C)(C)C)ccc3O2)C1.CCN(CC)C(=O)c1ccc(B(O)O)cc1.O=S(=O)(N(SOOC(F)(F)F)c1ccccc1)C(F)(F)F. The summed E-state index contributed by atoms with van der Waals surface area (Å²) in [4.78, 5) is 94.3. The lowest BCUT2D eigenvalue weighted by molar-refractivity contribution is -0.440. The number of ketones is 3. The van der Waals surface area contributed by atoms with Crippen molar-refractivity contribution in [2.45, 2.75) is 244 Å². The second-order valence-electron chi connectivity index (χ2n) is 39.0. The van der Waals surface area contributed by atoms with Gasteiger partial charge in [-0.1, -0.05) is 71.9 Å². The van der Waals surface area contributed by atoms with Crippen molar-refractivity contribution in [3.63, 3.8) is 0 Å². The molecule has 0 bridgehead atoms. The van der Waals surface area contributed by atoms with Crippen molar-refractivity contribution in [2.75, 3.05) is 56.1 Å². The highest BCUT2D eigenvalue weighted by atomic mass is 32.3. The number of phenols is 3. The summed E-state index contributed by atoms with van der Waals surface area (Å²) in [6.45, 7) is 45.5. The topological polar surface area (TPSA) is 407 Å². The molecular weight excluding hydrogens is 1930 g/mol. The molecule has 5 N–H and O–H groups in total. The van der Waals surface area contributed by atoms with Gasteiger partial charge in [-0.15, -0.1) is 22.4 Å². The average molecular weight is 2050 g/mol. The second kappa shape index (κ2) is 43.6. The Morgan fingerprint density at radius 1 is 0.522 bits per heavy atom. The fourth-order valence-corrected chi connectivity index (χ4v) is 17.5. The molecule has 3 spiro atoms. The van der Waals surface area contributed by atoms with Crippen molar-refractivity contribution < 1.29 is 166 Å². The Morgan fingerprint density at radius 2 is 0.935 bits per heavy atom. The molecule has 0 saturated carbocycles. The van der Waals surface area contributed by atoms with E-state index in [1.807, 2.05) is 107 Å². The van der Waals surface area contributed by atoms with Crippen molar-refractivity contribution in [2.24, 2.45) is 0 Å². The van der Waals surface area contributed by atoms with Gasteiger partial charge in [0.1, 0.15) is 74.0 Å². The molecule has 47 heteroatoms. The highest BCUT2D eigenvalue weighted by molar-refractivity contribution is 8.12. The molecule has 0 aliphatic carbocycles. The van der Waals surface area contributed by atoms with Crippen LogP contribution in [0.2, 0.25) is 36.3 Å². The van der Waals surface area contributed by atoms with Crippen LogP contribution in [0.4, 0.5) is 59.6 Å². The van der Waals surface area contributed by atoms with Crippen molar-refractivity contribution in [1.29, 1.82) is 0 Å². The van der Waals surface area contributed by atoms with Gasteiger partial charge in [-0.2, -0.15) is 46.9 Å². The number of rotatable bonds is 16. The Morgan fingerprint density at radius 3 is 1.34 bits per heavy atom. The zero-order valence-corrected chi connectivity index (χ0v) is 85.0. The molecular formula is C91H119BF9N5O27S3Si2. The number of anilines is 1. The van der Waals surface area contributed by atoms with Crippen LogP contribution < -0.4 is 32.2 Å². The highest BCUT2D eigenvalue weighted by Gasteiger charge is 2.56. The fraction of sp³-hybridized carbons (Fsp3) is 0.505. The van der Waals surface area contributed by atoms with Gasteiger partial charge < -0.3 is 86.4 Å². The summed E-state index contributed by atoms with van der Waals surface area (Å²) < 4.78 is 214. The number of hydrogen-bond acceptors (Lipinski definition) is 28. The number of ether oxygens (including phenoxy) is 6. The van der Waals surface area contributed by atoms with Gasteiger partial charge in [-0.05, 0) is 222 Å². The Kier molecular flexibility index (Phi) is 36.1. The van der Waals surface area contributed by atoms with E-state index in [-0.39, 0.29) is 112 Å². The molecule has 12 rings (SSSR count). The summed E-state index contributed by atoms with van der Waals surface area (Å²) in [6, 6.07) is 30.3. The number of hydrogen-bond donors (Lipinski definition) is 5. The molecule has 6 aliphatic heterocycles. The molecule has 138 heavy (non-hydrogen) atoms. The summed E-state index contributed by atoms with van der Waals surface area (Å²) in [5.74, 6) is 1.25. The largest absolute Gasteiger partial charge is 0.550 e. The Bertz CT molecular complexity index is 5630. The number of benzene rings is 6. The number of likely N-dealkylation sites (tertiary alicyclic amines) is 3. The number of sulfonamides is 1. The number of halogens is 9. The minimum absolute atomic E-state index is 0.00498. The van der Waals surface area contributed by atoms with Crippen LogP contribution in [0.25, 0.3) is 5.76 Å². The number of carbonyl (C=O) groups is 7.